The van der Waals surface area contributed by atoms with Gasteiger partial charge in [0.15, 0.2) is 5.76 Å². The van der Waals surface area contributed by atoms with Crippen LogP contribution in [-0.2, 0) is 14.8 Å². The summed E-state index contributed by atoms with van der Waals surface area (Å²) in [5, 5.41) is 14.9. The molecule has 0 radical (unpaired) electrons. The molecule has 134 valence electrons. The quantitative estimate of drug-likeness (QED) is 0.699. The van der Waals surface area contributed by atoms with Crippen LogP contribution in [0.4, 0.5) is 5.69 Å². The van der Waals surface area contributed by atoms with Crippen LogP contribution in [0.3, 0.4) is 0 Å². The molecule has 3 N–H and O–H groups in total. The number of aromatic carboxylic acids is 1. The van der Waals surface area contributed by atoms with Crippen LogP contribution >= 0.6 is 0 Å². The molecule has 1 aromatic carbocycles. The van der Waals surface area contributed by atoms with Crippen molar-refractivity contribution in [3.05, 3.63) is 41.3 Å². The Morgan fingerprint density at radius 1 is 1.20 bits per heavy atom. The largest absolute Gasteiger partial charge is 0.478 e. The van der Waals surface area contributed by atoms with Gasteiger partial charge in [-0.15, -0.1) is 0 Å². The van der Waals surface area contributed by atoms with Crippen LogP contribution in [-0.4, -0.2) is 36.6 Å². The van der Waals surface area contributed by atoms with E-state index in [1.165, 1.54) is 45.0 Å². The summed E-state index contributed by atoms with van der Waals surface area (Å²) < 4.78 is 31.8. The number of amides is 1. The number of aryl methyl sites for hydroxylation is 2. The third-order valence-electron chi connectivity index (χ3n) is 3.36. The third kappa shape index (κ3) is 4.22. The van der Waals surface area contributed by atoms with Crippen molar-refractivity contribution >= 4 is 27.6 Å². The maximum atomic E-state index is 12.4. The summed E-state index contributed by atoms with van der Waals surface area (Å²) >= 11 is 0. The number of aromatic nitrogens is 1. The van der Waals surface area contributed by atoms with Gasteiger partial charge in [-0.2, -0.15) is 4.72 Å². The summed E-state index contributed by atoms with van der Waals surface area (Å²) in [6.45, 7) is 4.33. The van der Waals surface area contributed by atoms with Gasteiger partial charge >= 0.3 is 5.97 Å². The Kier molecular flexibility index (Phi) is 5.24. The zero-order valence-corrected chi connectivity index (χ0v) is 14.5. The molecule has 0 saturated carbocycles. The van der Waals surface area contributed by atoms with Crippen molar-refractivity contribution < 1.29 is 27.6 Å². The number of nitrogens with one attached hydrogen (secondary N) is 2. The van der Waals surface area contributed by atoms with Gasteiger partial charge in [-0.1, -0.05) is 5.16 Å². The van der Waals surface area contributed by atoms with Gasteiger partial charge in [0.2, 0.25) is 15.9 Å². The fourth-order valence-electron chi connectivity index (χ4n) is 2.15. The van der Waals surface area contributed by atoms with Gasteiger partial charge < -0.3 is 14.9 Å². The molecule has 1 heterocycles. The van der Waals surface area contributed by atoms with Crippen LogP contribution < -0.4 is 10.0 Å². The maximum absolute atomic E-state index is 12.4. The van der Waals surface area contributed by atoms with E-state index in [-0.39, 0.29) is 21.9 Å². The van der Waals surface area contributed by atoms with E-state index in [1.807, 2.05) is 0 Å². The highest BCUT2D eigenvalue weighted by molar-refractivity contribution is 7.89. The summed E-state index contributed by atoms with van der Waals surface area (Å²) in [6, 6.07) is 4.42. The lowest BCUT2D eigenvalue weighted by Crippen LogP contribution is -2.41. The molecule has 2 aromatic rings. The molecule has 0 aliphatic rings. The SMILES string of the molecule is Cc1noc(C)c1S(=O)(=O)NC(C)C(=O)Nc1ccc(C(=O)O)cc1. The van der Waals surface area contributed by atoms with Crippen molar-refractivity contribution in [2.75, 3.05) is 5.32 Å². The lowest BCUT2D eigenvalue weighted by Gasteiger charge is -2.14. The molecule has 1 amide bonds. The smallest absolute Gasteiger partial charge is 0.335 e. The number of carbonyl (C=O) groups is 2. The summed E-state index contributed by atoms with van der Waals surface area (Å²) in [5.74, 6) is -1.56. The summed E-state index contributed by atoms with van der Waals surface area (Å²) in [7, 11) is -3.98. The Balaban J connectivity index is 2.08. The van der Waals surface area contributed by atoms with E-state index >= 15 is 0 Å². The van der Waals surface area contributed by atoms with E-state index in [0.717, 1.165) is 0 Å². The van der Waals surface area contributed by atoms with Crippen molar-refractivity contribution in [3.63, 3.8) is 0 Å². The molecule has 1 atom stereocenters. The predicted octanol–water partition coefficient (Wildman–Crippen LogP) is 1.30. The Labute approximate surface area is 144 Å². The first kappa shape index (κ1) is 18.6. The molecule has 1 aromatic heterocycles. The highest BCUT2D eigenvalue weighted by Crippen LogP contribution is 2.19. The number of carboxylic acids is 1. The molecule has 0 aliphatic heterocycles. The molecule has 1 unspecified atom stereocenters. The molecular weight excluding hydrogens is 350 g/mol. The molecule has 0 aliphatic carbocycles. The average Bonchev–Trinajstić information content (AvgIpc) is 2.87. The predicted molar refractivity (Wildman–Crippen MR) is 87.8 cm³/mol. The zero-order chi connectivity index (χ0) is 18.8. The first-order valence-corrected chi connectivity index (χ1v) is 8.69. The van der Waals surface area contributed by atoms with Gasteiger partial charge in [0, 0.05) is 5.69 Å². The Hall–Kier alpha value is -2.72. The number of sulfonamides is 1. The van der Waals surface area contributed by atoms with E-state index in [2.05, 4.69) is 15.2 Å². The normalized spacial score (nSPS) is 12.6. The van der Waals surface area contributed by atoms with E-state index in [0.29, 0.717) is 5.69 Å². The first-order valence-electron chi connectivity index (χ1n) is 7.21. The Morgan fingerprint density at radius 2 is 1.80 bits per heavy atom. The maximum Gasteiger partial charge on any atom is 0.335 e. The van der Waals surface area contributed by atoms with Gasteiger partial charge in [0.25, 0.3) is 0 Å². The minimum atomic E-state index is -3.98. The fourth-order valence-corrected chi connectivity index (χ4v) is 3.68. The van der Waals surface area contributed by atoms with Crippen LogP contribution in [0.15, 0.2) is 33.7 Å². The minimum Gasteiger partial charge on any atom is -0.478 e. The van der Waals surface area contributed by atoms with Crippen molar-refractivity contribution in [1.82, 2.24) is 9.88 Å². The Morgan fingerprint density at radius 3 is 2.28 bits per heavy atom. The fraction of sp³-hybridized carbons (Fsp3) is 0.267. The van der Waals surface area contributed by atoms with E-state index in [4.69, 9.17) is 9.63 Å². The third-order valence-corrected chi connectivity index (χ3v) is 5.15. The van der Waals surface area contributed by atoms with Crippen molar-refractivity contribution in [2.45, 2.75) is 31.7 Å². The van der Waals surface area contributed by atoms with Gasteiger partial charge in [0.1, 0.15) is 10.6 Å². The number of nitrogens with zero attached hydrogens (tertiary/aromatic N) is 1. The number of hydrogen-bond acceptors (Lipinski definition) is 6. The van der Waals surface area contributed by atoms with Crippen LogP contribution in [0.5, 0.6) is 0 Å². The topological polar surface area (TPSA) is 139 Å². The molecule has 9 nitrogen and oxygen atoms in total. The number of carbonyl (C=O) groups excluding carboxylic acids is 1. The minimum absolute atomic E-state index is 0.0742. The standard InChI is InChI=1S/C15H17N3O6S/c1-8-13(10(3)24-17-8)25(22,23)18-9(2)14(19)16-12-6-4-11(5-7-12)15(20)21/h4-7,9,18H,1-3H3,(H,16,19)(H,20,21). The zero-order valence-electron chi connectivity index (χ0n) is 13.7. The van der Waals surface area contributed by atoms with Gasteiger partial charge in [-0.3, -0.25) is 4.79 Å². The van der Waals surface area contributed by atoms with Crippen LogP contribution in [0.2, 0.25) is 0 Å². The summed E-state index contributed by atoms with van der Waals surface area (Å²) in [4.78, 5) is 22.8. The van der Waals surface area contributed by atoms with E-state index in [9.17, 15) is 18.0 Å². The lowest BCUT2D eigenvalue weighted by molar-refractivity contribution is -0.117. The van der Waals surface area contributed by atoms with Crippen molar-refractivity contribution in [2.24, 2.45) is 0 Å². The molecule has 0 fully saturated rings. The van der Waals surface area contributed by atoms with Gasteiger partial charge in [0.05, 0.1) is 11.6 Å². The van der Waals surface area contributed by atoms with Crippen LogP contribution in [0, 0.1) is 13.8 Å². The number of rotatable bonds is 6. The first-order chi connectivity index (χ1) is 11.6. The van der Waals surface area contributed by atoms with Gasteiger partial charge in [-0.25, -0.2) is 13.2 Å². The molecule has 0 spiro atoms. The van der Waals surface area contributed by atoms with Gasteiger partial charge in [-0.05, 0) is 45.0 Å². The highest BCUT2D eigenvalue weighted by Gasteiger charge is 2.28. The molecule has 2 rings (SSSR count). The summed E-state index contributed by atoms with van der Waals surface area (Å²) in [6.07, 6.45) is 0. The monoisotopic (exact) mass is 367 g/mol. The summed E-state index contributed by atoms with van der Waals surface area (Å²) in [5.41, 5.74) is 0.616. The number of carboxylic acid groups (broad SMARTS) is 1. The molecule has 0 bridgehead atoms. The number of hydrogen-bond donors (Lipinski definition) is 3. The average molecular weight is 367 g/mol. The van der Waals surface area contributed by atoms with E-state index in [1.54, 1.807) is 0 Å². The Bertz CT molecular complexity index is 882. The van der Waals surface area contributed by atoms with Crippen LogP contribution in [0.1, 0.15) is 28.7 Å². The molecule has 25 heavy (non-hydrogen) atoms. The van der Waals surface area contributed by atoms with Crippen molar-refractivity contribution in [3.8, 4) is 0 Å². The molecular formula is C15H17N3O6S. The second-order valence-electron chi connectivity index (χ2n) is 5.37. The lowest BCUT2D eigenvalue weighted by atomic mass is 10.2. The highest BCUT2D eigenvalue weighted by atomic mass is 32.2. The molecule has 10 heteroatoms. The second-order valence-corrected chi connectivity index (χ2v) is 7.02. The van der Waals surface area contributed by atoms with Crippen LogP contribution in [0.25, 0.3) is 0 Å². The number of anilines is 1. The second kappa shape index (κ2) is 7.03. The van der Waals surface area contributed by atoms with Crippen molar-refractivity contribution in [1.29, 1.82) is 0 Å². The number of benzene rings is 1. The van der Waals surface area contributed by atoms with E-state index < -0.39 is 27.9 Å². The molecule has 0 saturated heterocycles.